The number of rotatable bonds is 5. The van der Waals surface area contributed by atoms with Crippen LogP contribution in [0.1, 0.15) is 23.6 Å². The topological polar surface area (TPSA) is 125 Å². The molecule has 0 aliphatic carbocycles. The molecule has 26 heavy (non-hydrogen) atoms. The Morgan fingerprint density at radius 1 is 1.27 bits per heavy atom. The van der Waals surface area contributed by atoms with Crippen molar-refractivity contribution in [1.29, 1.82) is 0 Å². The van der Waals surface area contributed by atoms with Crippen LogP contribution in [0.3, 0.4) is 0 Å². The van der Waals surface area contributed by atoms with Gasteiger partial charge in [0, 0.05) is 23.5 Å². The van der Waals surface area contributed by atoms with E-state index < -0.39 is 16.9 Å². The number of benzene rings is 2. The summed E-state index contributed by atoms with van der Waals surface area (Å²) in [4.78, 5) is 25.3. The molecule has 0 radical (unpaired) electrons. The monoisotopic (exact) mass is 350 g/mol. The Balaban J connectivity index is 1.93. The molecule has 1 aliphatic rings. The summed E-state index contributed by atoms with van der Waals surface area (Å²) in [6.45, 7) is -0.342. The van der Waals surface area contributed by atoms with Gasteiger partial charge in [-0.1, -0.05) is 47.6 Å². The third-order valence-corrected chi connectivity index (χ3v) is 4.03. The number of nitrogens with zero attached hydrogens (tertiary/aromatic N) is 6. The van der Waals surface area contributed by atoms with Crippen LogP contribution in [0.2, 0.25) is 0 Å². The third-order valence-electron chi connectivity index (χ3n) is 4.03. The smallest absolute Gasteiger partial charge is 0.269 e. The Morgan fingerprint density at radius 2 is 1.96 bits per heavy atom. The molecular weight excluding hydrogens is 336 g/mol. The lowest BCUT2D eigenvalue weighted by molar-refractivity contribution is -0.384. The van der Waals surface area contributed by atoms with Gasteiger partial charge in [0.15, 0.2) is 0 Å². The summed E-state index contributed by atoms with van der Waals surface area (Å²) in [7, 11) is 0. The van der Waals surface area contributed by atoms with Crippen LogP contribution >= 0.6 is 0 Å². The van der Waals surface area contributed by atoms with E-state index in [4.69, 9.17) is 5.53 Å². The molecule has 130 valence electrons. The zero-order valence-electron chi connectivity index (χ0n) is 13.6. The number of non-ortho nitro benzene ring substituents is 1. The second-order valence-electron chi connectivity index (χ2n) is 5.61. The maximum Gasteiger partial charge on any atom is 0.269 e. The lowest BCUT2D eigenvalue weighted by Gasteiger charge is -2.21. The molecule has 9 heteroatoms. The van der Waals surface area contributed by atoms with Crippen LogP contribution in [-0.4, -0.2) is 28.1 Å². The van der Waals surface area contributed by atoms with Gasteiger partial charge in [-0.15, -0.1) is 0 Å². The highest BCUT2D eigenvalue weighted by molar-refractivity contribution is 6.03. The standard InChI is InChI=1S/C17H14N6O3/c18-21-19-11-17(24)22-16(13-6-8-14(9-7-13)23(25)26)10-15(20-22)12-4-2-1-3-5-12/h1-9,16H,10-11H2/t16-/m1/s1. The lowest BCUT2D eigenvalue weighted by atomic mass is 9.98. The van der Waals surface area contributed by atoms with Crippen molar-refractivity contribution in [3.05, 3.63) is 86.3 Å². The Morgan fingerprint density at radius 3 is 2.58 bits per heavy atom. The fourth-order valence-electron chi connectivity index (χ4n) is 2.79. The quantitative estimate of drug-likeness (QED) is 0.269. The minimum Gasteiger partial charge on any atom is -0.273 e. The van der Waals surface area contributed by atoms with Gasteiger partial charge < -0.3 is 0 Å². The van der Waals surface area contributed by atoms with E-state index >= 15 is 0 Å². The minimum atomic E-state index is -0.477. The summed E-state index contributed by atoms with van der Waals surface area (Å²) in [5.41, 5.74) is 10.8. The predicted octanol–water partition coefficient (Wildman–Crippen LogP) is 3.58. The first kappa shape index (κ1) is 17.1. The van der Waals surface area contributed by atoms with Gasteiger partial charge in [-0.2, -0.15) is 5.10 Å². The van der Waals surface area contributed by atoms with Gasteiger partial charge in [-0.05, 0) is 16.7 Å². The van der Waals surface area contributed by atoms with Crippen LogP contribution in [0, 0.1) is 10.1 Å². The molecule has 3 rings (SSSR count). The molecule has 0 aromatic heterocycles. The van der Waals surface area contributed by atoms with E-state index in [1.807, 2.05) is 30.3 Å². The lowest BCUT2D eigenvalue weighted by Crippen LogP contribution is -2.28. The number of azide groups is 1. The molecule has 1 heterocycles. The molecule has 1 atom stereocenters. The normalized spacial score (nSPS) is 15.9. The van der Waals surface area contributed by atoms with Crippen LogP contribution in [-0.2, 0) is 4.79 Å². The van der Waals surface area contributed by atoms with Gasteiger partial charge in [0.2, 0.25) is 5.91 Å². The Kier molecular flexibility index (Phi) is 4.91. The number of hydrazone groups is 1. The fraction of sp³-hybridized carbons (Fsp3) is 0.176. The van der Waals surface area contributed by atoms with E-state index in [9.17, 15) is 14.9 Å². The van der Waals surface area contributed by atoms with Crippen LogP contribution < -0.4 is 0 Å². The summed E-state index contributed by atoms with van der Waals surface area (Å²) in [5, 5.41) is 19.8. The third kappa shape index (κ3) is 3.52. The number of nitro groups is 1. The van der Waals surface area contributed by atoms with E-state index in [1.165, 1.54) is 17.1 Å². The van der Waals surface area contributed by atoms with Crippen LogP contribution in [0.15, 0.2) is 64.8 Å². The summed E-state index contributed by atoms with van der Waals surface area (Å²) in [5.74, 6) is -0.433. The van der Waals surface area contributed by atoms with Gasteiger partial charge in [-0.3, -0.25) is 14.9 Å². The predicted molar refractivity (Wildman–Crippen MR) is 94.3 cm³/mol. The molecular formula is C17H14N6O3. The first-order chi connectivity index (χ1) is 12.6. The maximum absolute atomic E-state index is 12.4. The highest BCUT2D eigenvalue weighted by Gasteiger charge is 2.32. The van der Waals surface area contributed by atoms with Crippen molar-refractivity contribution in [2.45, 2.75) is 12.5 Å². The second kappa shape index (κ2) is 7.45. The van der Waals surface area contributed by atoms with Crippen molar-refractivity contribution < 1.29 is 9.72 Å². The SMILES string of the molecule is [N-]=[N+]=NCC(=O)N1N=C(c2ccccc2)C[C@@H]1c1ccc([N+](=O)[O-])cc1. The molecule has 0 unspecified atom stereocenters. The molecule has 0 fully saturated rings. The average Bonchev–Trinajstić information content (AvgIpc) is 3.12. The van der Waals surface area contributed by atoms with Crippen molar-refractivity contribution in [1.82, 2.24) is 5.01 Å². The first-order valence-electron chi connectivity index (χ1n) is 7.80. The number of carbonyl (C=O) groups excluding carboxylic acids is 1. The molecule has 1 aliphatic heterocycles. The minimum absolute atomic E-state index is 0.0251. The van der Waals surface area contributed by atoms with Gasteiger partial charge in [0.05, 0.1) is 16.7 Å². The molecule has 0 saturated carbocycles. The van der Waals surface area contributed by atoms with E-state index in [1.54, 1.807) is 12.1 Å². The maximum atomic E-state index is 12.4. The number of carbonyl (C=O) groups is 1. The van der Waals surface area contributed by atoms with E-state index in [2.05, 4.69) is 15.1 Å². The summed E-state index contributed by atoms with van der Waals surface area (Å²) in [6.07, 6.45) is 0.462. The largest absolute Gasteiger partial charge is 0.273 e. The van der Waals surface area contributed by atoms with Crippen molar-refractivity contribution >= 4 is 17.3 Å². The molecule has 1 amide bonds. The molecule has 0 N–H and O–H groups in total. The molecule has 2 aromatic carbocycles. The van der Waals surface area contributed by atoms with Gasteiger partial charge in [0.25, 0.3) is 5.69 Å². The number of hydrogen-bond donors (Lipinski definition) is 0. The van der Waals surface area contributed by atoms with Crippen LogP contribution in [0.25, 0.3) is 10.4 Å². The van der Waals surface area contributed by atoms with Crippen molar-refractivity contribution in [3.63, 3.8) is 0 Å². The molecule has 2 aromatic rings. The van der Waals surface area contributed by atoms with Crippen molar-refractivity contribution in [2.75, 3.05) is 6.54 Å². The van der Waals surface area contributed by atoms with E-state index in [0.717, 1.165) is 16.8 Å². The number of hydrogen-bond acceptors (Lipinski definition) is 5. The average molecular weight is 350 g/mol. The first-order valence-corrected chi connectivity index (χ1v) is 7.80. The van der Waals surface area contributed by atoms with Gasteiger partial charge >= 0.3 is 0 Å². The Labute approximate surface area is 148 Å². The fourth-order valence-corrected chi connectivity index (χ4v) is 2.79. The number of amides is 1. The van der Waals surface area contributed by atoms with Gasteiger partial charge in [0.1, 0.15) is 6.54 Å². The van der Waals surface area contributed by atoms with Crippen LogP contribution in [0.5, 0.6) is 0 Å². The van der Waals surface area contributed by atoms with E-state index in [0.29, 0.717) is 6.42 Å². The molecule has 0 saturated heterocycles. The zero-order chi connectivity index (χ0) is 18.5. The highest BCUT2D eigenvalue weighted by Crippen LogP contribution is 2.33. The molecule has 0 spiro atoms. The highest BCUT2D eigenvalue weighted by atomic mass is 16.6. The molecule has 9 nitrogen and oxygen atoms in total. The summed E-state index contributed by atoms with van der Waals surface area (Å²) >= 11 is 0. The van der Waals surface area contributed by atoms with E-state index in [-0.39, 0.29) is 12.2 Å². The van der Waals surface area contributed by atoms with Crippen LogP contribution in [0.4, 0.5) is 5.69 Å². The Hall–Kier alpha value is -3.71. The summed E-state index contributed by atoms with van der Waals surface area (Å²) in [6, 6.07) is 15.0. The number of nitro benzene ring substituents is 1. The Bertz CT molecular complexity index is 904. The van der Waals surface area contributed by atoms with Crippen molar-refractivity contribution in [2.24, 2.45) is 10.2 Å². The van der Waals surface area contributed by atoms with Crippen molar-refractivity contribution in [3.8, 4) is 0 Å². The van der Waals surface area contributed by atoms with Gasteiger partial charge in [-0.25, -0.2) is 5.01 Å². The molecule has 0 bridgehead atoms. The summed E-state index contributed by atoms with van der Waals surface area (Å²) < 4.78 is 0. The zero-order valence-corrected chi connectivity index (χ0v) is 13.6. The second-order valence-corrected chi connectivity index (χ2v) is 5.61.